The van der Waals surface area contributed by atoms with Crippen LogP contribution in [0.2, 0.25) is 0 Å². The van der Waals surface area contributed by atoms with Crippen molar-refractivity contribution in [2.75, 3.05) is 13.2 Å². The van der Waals surface area contributed by atoms with E-state index in [-0.39, 0.29) is 23.5 Å². The SMILES string of the molecule is C[C@@H]1OCC2=C(C1=O)[C@@H](c1ccc(F)c(Br)c1)C1=C(COC1=O)N2. The summed E-state index contributed by atoms with van der Waals surface area (Å²) in [6, 6.07) is 4.50. The number of hydrogen-bond acceptors (Lipinski definition) is 5. The number of Topliss-reactive ketones (excluding diaryl/α,β-unsaturated/α-hetero) is 1. The number of cyclic esters (lactones) is 1. The van der Waals surface area contributed by atoms with Gasteiger partial charge in [0, 0.05) is 17.2 Å². The molecule has 0 spiro atoms. The van der Waals surface area contributed by atoms with Crippen LogP contribution in [0.25, 0.3) is 0 Å². The number of nitrogens with one attached hydrogen (secondary N) is 1. The molecule has 1 N–H and O–H groups in total. The van der Waals surface area contributed by atoms with Crippen molar-refractivity contribution in [2.45, 2.75) is 18.9 Å². The van der Waals surface area contributed by atoms with E-state index in [0.717, 1.165) is 0 Å². The standard InChI is InChI=1S/C17H13BrFNO4/c1-7-16(21)14-11(5-23-7)20-12-6-24-17(22)15(12)13(14)8-2-3-10(19)9(18)4-8/h2-4,7,13,20H,5-6H2,1H3/t7-,13+/m0/s1. The fraction of sp³-hybridized carbons (Fsp3) is 0.294. The van der Waals surface area contributed by atoms with Crippen LogP contribution in [0.15, 0.2) is 45.2 Å². The van der Waals surface area contributed by atoms with Crippen molar-refractivity contribution in [2.24, 2.45) is 0 Å². The lowest BCUT2D eigenvalue weighted by Gasteiger charge is -2.34. The second-order valence-corrected chi connectivity index (χ2v) is 6.76. The zero-order valence-electron chi connectivity index (χ0n) is 12.7. The molecule has 24 heavy (non-hydrogen) atoms. The largest absolute Gasteiger partial charge is 0.456 e. The Balaban J connectivity index is 1.91. The maximum Gasteiger partial charge on any atom is 0.337 e. The van der Waals surface area contributed by atoms with Gasteiger partial charge in [0.05, 0.1) is 22.3 Å². The highest BCUT2D eigenvalue weighted by Gasteiger charge is 2.44. The summed E-state index contributed by atoms with van der Waals surface area (Å²) >= 11 is 3.17. The number of dihydropyridines is 1. The molecule has 5 nitrogen and oxygen atoms in total. The van der Waals surface area contributed by atoms with Crippen molar-refractivity contribution >= 4 is 27.7 Å². The molecule has 0 bridgehead atoms. The fourth-order valence-electron chi connectivity index (χ4n) is 3.31. The van der Waals surface area contributed by atoms with Crippen molar-refractivity contribution in [3.05, 3.63) is 56.6 Å². The number of carbonyl (C=O) groups excluding carboxylic acids is 2. The molecule has 4 rings (SSSR count). The number of ether oxygens (including phenoxy) is 2. The molecule has 3 aliphatic rings. The second kappa shape index (κ2) is 5.53. The molecular formula is C17H13BrFNO4. The highest BCUT2D eigenvalue weighted by Crippen LogP contribution is 2.43. The average molecular weight is 394 g/mol. The number of esters is 1. The normalized spacial score (nSPS) is 26.1. The van der Waals surface area contributed by atoms with Crippen LogP contribution in [-0.2, 0) is 19.1 Å². The third-order valence-electron chi connectivity index (χ3n) is 4.49. The number of carbonyl (C=O) groups is 2. The van der Waals surface area contributed by atoms with Crippen molar-refractivity contribution in [3.8, 4) is 0 Å². The van der Waals surface area contributed by atoms with E-state index in [0.29, 0.717) is 28.1 Å². The molecule has 0 unspecified atom stereocenters. The Morgan fingerprint density at radius 3 is 2.71 bits per heavy atom. The van der Waals surface area contributed by atoms with Crippen LogP contribution < -0.4 is 5.32 Å². The number of benzene rings is 1. The molecule has 2 atom stereocenters. The van der Waals surface area contributed by atoms with Gasteiger partial charge in [-0.1, -0.05) is 6.07 Å². The minimum atomic E-state index is -0.587. The minimum Gasteiger partial charge on any atom is -0.456 e. The van der Waals surface area contributed by atoms with E-state index in [9.17, 15) is 14.0 Å². The Morgan fingerprint density at radius 1 is 1.21 bits per heavy atom. The third-order valence-corrected chi connectivity index (χ3v) is 5.09. The Labute approximate surface area is 145 Å². The van der Waals surface area contributed by atoms with E-state index in [1.807, 2.05) is 0 Å². The summed E-state index contributed by atoms with van der Waals surface area (Å²) in [6.45, 7) is 2.07. The maximum absolute atomic E-state index is 13.6. The van der Waals surface area contributed by atoms with E-state index >= 15 is 0 Å². The quantitative estimate of drug-likeness (QED) is 0.741. The van der Waals surface area contributed by atoms with E-state index in [1.54, 1.807) is 19.1 Å². The third kappa shape index (κ3) is 2.22. The van der Waals surface area contributed by atoms with Gasteiger partial charge in [-0.3, -0.25) is 4.79 Å². The molecule has 3 heterocycles. The van der Waals surface area contributed by atoms with Gasteiger partial charge in [-0.25, -0.2) is 9.18 Å². The lowest BCUT2D eigenvalue weighted by atomic mass is 9.77. The molecule has 124 valence electrons. The molecular weight excluding hydrogens is 381 g/mol. The summed E-state index contributed by atoms with van der Waals surface area (Å²) in [6.07, 6.45) is -0.587. The predicted octanol–water partition coefficient (Wildman–Crippen LogP) is 2.33. The molecule has 0 radical (unpaired) electrons. The molecule has 0 amide bonds. The van der Waals surface area contributed by atoms with Gasteiger partial charge in [-0.05, 0) is 40.5 Å². The van der Waals surface area contributed by atoms with Crippen LogP contribution in [-0.4, -0.2) is 31.1 Å². The van der Waals surface area contributed by atoms with E-state index in [1.165, 1.54) is 6.07 Å². The summed E-state index contributed by atoms with van der Waals surface area (Å²) < 4.78 is 24.5. The Hall–Kier alpha value is -1.99. The molecule has 3 aliphatic heterocycles. The summed E-state index contributed by atoms with van der Waals surface area (Å²) in [5, 5.41) is 3.11. The van der Waals surface area contributed by atoms with Gasteiger partial charge >= 0.3 is 5.97 Å². The monoisotopic (exact) mass is 393 g/mol. The summed E-state index contributed by atoms with van der Waals surface area (Å²) in [5.41, 5.74) is 2.83. The first-order valence-electron chi connectivity index (χ1n) is 7.48. The van der Waals surface area contributed by atoms with E-state index in [2.05, 4.69) is 21.2 Å². The average Bonchev–Trinajstić information content (AvgIpc) is 2.93. The smallest absolute Gasteiger partial charge is 0.337 e. The second-order valence-electron chi connectivity index (χ2n) is 5.91. The summed E-state index contributed by atoms with van der Waals surface area (Å²) in [5.74, 6) is -1.62. The van der Waals surface area contributed by atoms with Gasteiger partial charge < -0.3 is 14.8 Å². The highest BCUT2D eigenvalue weighted by atomic mass is 79.9. The van der Waals surface area contributed by atoms with Gasteiger partial charge in [-0.15, -0.1) is 0 Å². The minimum absolute atomic E-state index is 0.132. The van der Waals surface area contributed by atoms with Gasteiger partial charge in [0.2, 0.25) is 0 Å². The first kappa shape index (κ1) is 15.5. The number of halogens is 2. The first-order valence-corrected chi connectivity index (χ1v) is 8.27. The van der Waals surface area contributed by atoms with Crippen molar-refractivity contribution < 1.29 is 23.5 Å². The molecule has 0 saturated carbocycles. The molecule has 1 aromatic carbocycles. The van der Waals surface area contributed by atoms with Crippen molar-refractivity contribution in [3.63, 3.8) is 0 Å². The molecule has 1 aromatic rings. The van der Waals surface area contributed by atoms with Gasteiger partial charge in [0.25, 0.3) is 0 Å². The maximum atomic E-state index is 13.6. The zero-order chi connectivity index (χ0) is 17.0. The van der Waals surface area contributed by atoms with Crippen LogP contribution in [0.1, 0.15) is 18.4 Å². The molecule has 0 aliphatic carbocycles. The Kier molecular flexibility index (Phi) is 3.58. The Bertz CT molecular complexity index is 845. The topological polar surface area (TPSA) is 64.6 Å². The molecule has 0 aromatic heterocycles. The molecule has 0 fully saturated rings. The van der Waals surface area contributed by atoms with Crippen LogP contribution in [0.4, 0.5) is 4.39 Å². The molecule has 0 saturated heterocycles. The van der Waals surface area contributed by atoms with Gasteiger partial charge in [0.15, 0.2) is 5.78 Å². The van der Waals surface area contributed by atoms with Crippen LogP contribution in [0, 0.1) is 5.82 Å². The first-order chi connectivity index (χ1) is 11.5. The summed E-state index contributed by atoms with van der Waals surface area (Å²) in [7, 11) is 0. The number of rotatable bonds is 1. The molecule has 7 heteroatoms. The van der Waals surface area contributed by atoms with Gasteiger partial charge in [0.1, 0.15) is 18.5 Å². The summed E-state index contributed by atoms with van der Waals surface area (Å²) in [4.78, 5) is 24.9. The van der Waals surface area contributed by atoms with E-state index in [4.69, 9.17) is 9.47 Å². The van der Waals surface area contributed by atoms with Gasteiger partial charge in [-0.2, -0.15) is 0 Å². The lowest BCUT2D eigenvalue weighted by molar-refractivity contribution is -0.136. The predicted molar refractivity (Wildman–Crippen MR) is 85.4 cm³/mol. The lowest BCUT2D eigenvalue weighted by Crippen LogP contribution is -2.40. The van der Waals surface area contributed by atoms with Crippen LogP contribution >= 0.6 is 15.9 Å². The van der Waals surface area contributed by atoms with Crippen molar-refractivity contribution in [1.29, 1.82) is 0 Å². The highest BCUT2D eigenvalue weighted by molar-refractivity contribution is 9.10. The van der Waals surface area contributed by atoms with Crippen LogP contribution in [0.3, 0.4) is 0 Å². The van der Waals surface area contributed by atoms with Crippen molar-refractivity contribution in [1.82, 2.24) is 5.32 Å². The Morgan fingerprint density at radius 2 is 1.96 bits per heavy atom. The van der Waals surface area contributed by atoms with E-state index < -0.39 is 23.8 Å². The number of ketones is 1. The number of hydrogen-bond donors (Lipinski definition) is 1. The van der Waals surface area contributed by atoms with Crippen LogP contribution in [0.5, 0.6) is 0 Å². The zero-order valence-corrected chi connectivity index (χ0v) is 14.3. The fourth-order valence-corrected chi connectivity index (χ4v) is 3.71.